The normalized spacial score (nSPS) is 11.9. The summed E-state index contributed by atoms with van der Waals surface area (Å²) in [6, 6.07) is 7.35. The summed E-state index contributed by atoms with van der Waals surface area (Å²) in [7, 11) is 0. The third kappa shape index (κ3) is 4.20. The van der Waals surface area contributed by atoms with Crippen molar-refractivity contribution in [3.8, 4) is 11.4 Å². The highest BCUT2D eigenvalue weighted by atomic mass is 32.2. The number of hydrogen-bond donors (Lipinski definition) is 1. The van der Waals surface area contributed by atoms with Crippen molar-refractivity contribution in [1.29, 1.82) is 0 Å². The molecule has 1 N–H and O–H groups in total. The van der Waals surface area contributed by atoms with E-state index in [4.69, 9.17) is 4.42 Å². The summed E-state index contributed by atoms with van der Waals surface area (Å²) in [5.74, 6) is 1.34. The first-order valence-corrected chi connectivity index (χ1v) is 8.98. The highest BCUT2D eigenvalue weighted by molar-refractivity contribution is 8.00. The second-order valence-electron chi connectivity index (χ2n) is 5.50. The van der Waals surface area contributed by atoms with E-state index >= 15 is 0 Å². The van der Waals surface area contributed by atoms with Crippen LogP contribution in [0.5, 0.6) is 0 Å². The summed E-state index contributed by atoms with van der Waals surface area (Å²) in [5.41, 5.74) is 0.913. The van der Waals surface area contributed by atoms with Crippen molar-refractivity contribution in [3.63, 3.8) is 0 Å². The van der Waals surface area contributed by atoms with Crippen LogP contribution in [0.25, 0.3) is 11.4 Å². The van der Waals surface area contributed by atoms with E-state index in [1.54, 1.807) is 30.8 Å². The van der Waals surface area contributed by atoms with Crippen LogP contribution in [-0.4, -0.2) is 30.9 Å². The summed E-state index contributed by atoms with van der Waals surface area (Å²) >= 11 is 1.35. The molecule has 0 aliphatic rings. The molecule has 7 nitrogen and oxygen atoms in total. The van der Waals surface area contributed by atoms with Gasteiger partial charge in [0.05, 0.1) is 18.1 Å². The number of amides is 1. The van der Waals surface area contributed by atoms with Crippen molar-refractivity contribution in [3.05, 3.63) is 61.3 Å². The molecule has 0 aromatic carbocycles. The Labute approximate surface area is 155 Å². The van der Waals surface area contributed by atoms with Crippen LogP contribution in [0.4, 0.5) is 0 Å². The maximum atomic E-state index is 12.3. The van der Waals surface area contributed by atoms with Gasteiger partial charge in [0, 0.05) is 24.5 Å². The predicted octanol–water partition coefficient (Wildman–Crippen LogP) is 2.92. The largest absolute Gasteiger partial charge is 0.467 e. The first-order valence-electron chi connectivity index (χ1n) is 8.10. The van der Waals surface area contributed by atoms with Gasteiger partial charge in [0.2, 0.25) is 5.91 Å². The molecule has 8 heteroatoms. The van der Waals surface area contributed by atoms with Crippen molar-refractivity contribution in [2.75, 3.05) is 0 Å². The van der Waals surface area contributed by atoms with Crippen molar-refractivity contribution >= 4 is 17.7 Å². The smallest absolute Gasteiger partial charge is 0.233 e. The van der Waals surface area contributed by atoms with Crippen LogP contribution in [0, 0.1) is 0 Å². The third-order valence-electron chi connectivity index (χ3n) is 3.64. The quantitative estimate of drug-likeness (QED) is 0.485. The Balaban J connectivity index is 1.71. The molecule has 0 radical (unpaired) electrons. The molecule has 26 heavy (non-hydrogen) atoms. The molecule has 0 fully saturated rings. The number of furan rings is 1. The molecule has 3 aromatic heterocycles. The number of hydrogen-bond acceptors (Lipinski definition) is 6. The summed E-state index contributed by atoms with van der Waals surface area (Å²) in [5, 5.41) is 11.7. The Hall–Kier alpha value is -2.87. The van der Waals surface area contributed by atoms with Crippen LogP contribution in [0.3, 0.4) is 0 Å². The Morgan fingerprint density at radius 1 is 1.38 bits per heavy atom. The van der Waals surface area contributed by atoms with Crippen LogP contribution >= 0.6 is 11.8 Å². The van der Waals surface area contributed by atoms with Gasteiger partial charge in [0.15, 0.2) is 11.0 Å². The van der Waals surface area contributed by atoms with Crippen LogP contribution in [0.2, 0.25) is 0 Å². The van der Waals surface area contributed by atoms with Crippen LogP contribution in [-0.2, 0) is 17.9 Å². The topological polar surface area (TPSA) is 85.8 Å². The lowest BCUT2D eigenvalue weighted by atomic mass is 10.2. The maximum absolute atomic E-state index is 12.3. The Kier molecular flexibility index (Phi) is 5.85. The zero-order chi connectivity index (χ0) is 18.4. The van der Waals surface area contributed by atoms with Crippen LogP contribution in [0.15, 0.2) is 65.2 Å². The number of thioether (sulfide) groups is 1. The van der Waals surface area contributed by atoms with Gasteiger partial charge in [0.25, 0.3) is 0 Å². The predicted molar refractivity (Wildman–Crippen MR) is 99.3 cm³/mol. The Morgan fingerprint density at radius 2 is 2.19 bits per heavy atom. The van der Waals surface area contributed by atoms with E-state index in [9.17, 15) is 4.79 Å². The van der Waals surface area contributed by atoms with Gasteiger partial charge in [0.1, 0.15) is 5.76 Å². The minimum absolute atomic E-state index is 0.0926. The zero-order valence-electron chi connectivity index (χ0n) is 14.3. The number of aromatic nitrogens is 4. The molecule has 0 saturated carbocycles. The second kappa shape index (κ2) is 8.48. The number of rotatable bonds is 8. The molecular formula is C18H19N5O2S. The van der Waals surface area contributed by atoms with E-state index in [1.807, 2.05) is 29.7 Å². The fourth-order valence-electron chi connectivity index (χ4n) is 2.33. The molecule has 1 atom stereocenters. The number of nitrogens with zero attached hydrogens (tertiary/aromatic N) is 4. The van der Waals surface area contributed by atoms with E-state index in [0.29, 0.717) is 24.0 Å². The fourth-order valence-corrected chi connectivity index (χ4v) is 3.21. The molecule has 134 valence electrons. The minimum Gasteiger partial charge on any atom is -0.467 e. The third-order valence-corrected chi connectivity index (χ3v) is 4.72. The van der Waals surface area contributed by atoms with Gasteiger partial charge in [-0.2, -0.15) is 0 Å². The minimum atomic E-state index is -0.331. The number of nitrogens with one attached hydrogen (secondary N) is 1. The summed E-state index contributed by atoms with van der Waals surface area (Å²) in [4.78, 5) is 16.4. The van der Waals surface area contributed by atoms with Gasteiger partial charge in [-0.3, -0.25) is 14.3 Å². The van der Waals surface area contributed by atoms with Crippen molar-refractivity contribution in [2.24, 2.45) is 0 Å². The summed E-state index contributed by atoms with van der Waals surface area (Å²) in [6.07, 6.45) is 6.78. The number of carbonyl (C=O) groups excluding carboxylic acids is 1. The van der Waals surface area contributed by atoms with Crippen molar-refractivity contribution in [2.45, 2.75) is 30.4 Å². The van der Waals surface area contributed by atoms with Gasteiger partial charge in [-0.1, -0.05) is 17.8 Å². The molecule has 0 aliphatic carbocycles. The Morgan fingerprint density at radius 3 is 2.88 bits per heavy atom. The van der Waals surface area contributed by atoms with Gasteiger partial charge in [-0.15, -0.1) is 16.8 Å². The lowest BCUT2D eigenvalue weighted by Gasteiger charge is -2.12. The van der Waals surface area contributed by atoms with Crippen LogP contribution in [0.1, 0.15) is 12.7 Å². The molecule has 3 rings (SSSR count). The first kappa shape index (κ1) is 17.9. The van der Waals surface area contributed by atoms with Gasteiger partial charge in [-0.25, -0.2) is 0 Å². The number of allylic oxidation sites excluding steroid dienone is 1. The van der Waals surface area contributed by atoms with Gasteiger partial charge in [-0.05, 0) is 31.2 Å². The number of pyridine rings is 1. The lowest BCUT2D eigenvalue weighted by molar-refractivity contribution is -0.120. The SMILES string of the molecule is C=CCn1c(S[C@@H](C)C(=O)NCc2ccco2)nnc1-c1ccncc1. The Bertz CT molecular complexity index is 861. The molecule has 3 aromatic rings. The molecule has 3 heterocycles. The summed E-state index contributed by atoms with van der Waals surface area (Å²) < 4.78 is 7.15. The summed E-state index contributed by atoms with van der Waals surface area (Å²) in [6.45, 7) is 6.54. The standard InChI is InChI=1S/C18H19N5O2S/c1-3-10-23-16(14-6-8-19-9-7-14)21-22-18(23)26-13(2)17(24)20-12-15-5-4-11-25-15/h3-9,11,13H,1,10,12H2,2H3,(H,20,24)/t13-/m0/s1. The van der Waals surface area contributed by atoms with Crippen molar-refractivity contribution in [1.82, 2.24) is 25.1 Å². The van der Waals surface area contributed by atoms with Gasteiger partial charge < -0.3 is 9.73 Å². The number of carbonyl (C=O) groups is 1. The molecule has 0 unspecified atom stereocenters. The average molecular weight is 369 g/mol. The molecule has 1 amide bonds. The van der Waals surface area contributed by atoms with Gasteiger partial charge >= 0.3 is 0 Å². The van der Waals surface area contributed by atoms with E-state index in [2.05, 4.69) is 27.1 Å². The highest BCUT2D eigenvalue weighted by Crippen LogP contribution is 2.26. The highest BCUT2D eigenvalue weighted by Gasteiger charge is 2.20. The van der Waals surface area contributed by atoms with E-state index in [1.165, 1.54) is 11.8 Å². The first-order chi connectivity index (χ1) is 12.7. The molecule has 0 saturated heterocycles. The molecule has 0 bridgehead atoms. The van der Waals surface area contributed by atoms with Crippen molar-refractivity contribution < 1.29 is 9.21 Å². The van der Waals surface area contributed by atoms with Crippen LogP contribution < -0.4 is 5.32 Å². The fraction of sp³-hybridized carbons (Fsp3) is 0.222. The zero-order valence-corrected chi connectivity index (χ0v) is 15.1. The second-order valence-corrected chi connectivity index (χ2v) is 6.81. The van der Waals surface area contributed by atoms with E-state index in [-0.39, 0.29) is 11.2 Å². The van der Waals surface area contributed by atoms with E-state index in [0.717, 1.165) is 11.4 Å². The molecule has 0 aliphatic heterocycles. The lowest BCUT2D eigenvalue weighted by Crippen LogP contribution is -2.30. The molecule has 0 spiro atoms. The monoisotopic (exact) mass is 369 g/mol. The average Bonchev–Trinajstić information content (AvgIpc) is 3.31. The van der Waals surface area contributed by atoms with E-state index < -0.39 is 0 Å². The maximum Gasteiger partial charge on any atom is 0.233 e. The molecular weight excluding hydrogens is 350 g/mol.